The van der Waals surface area contributed by atoms with Gasteiger partial charge in [0, 0.05) is 31.4 Å². The molecule has 0 heterocycles. The number of ether oxygens (including phenoxy) is 1. The second kappa shape index (κ2) is 8.76. The van der Waals surface area contributed by atoms with Gasteiger partial charge in [0.15, 0.2) is 0 Å². The molecule has 5 nitrogen and oxygen atoms in total. The van der Waals surface area contributed by atoms with E-state index in [2.05, 4.69) is 10.6 Å². The van der Waals surface area contributed by atoms with E-state index in [4.69, 9.17) is 16.3 Å². The van der Waals surface area contributed by atoms with Crippen LogP contribution in [0.25, 0.3) is 0 Å². The van der Waals surface area contributed by atoms with E-state index in [0.717, 1.165) is 0 Å². The molecule has 0 aliphatic heterocycles. The van der Waals surface area contributed by atoms with Crippen LogP contribution >= 0.6 is 11.6 Å². The van der Waals surface area contributed by atoms with Gasteiger partial charge in [0.2, 0.25) is 5.91 Å². The normalized spacial score (nSPS) is 12.1. The van der Waals surface area contributed by atoms with Gasteiger partial charge in [-0.05, 0) is 31.5 Å². The van der Waals surface area contributed by atoms with Crippen LogP contribution < -0.4 is 10.6 Å². The van der Waals surface area contributed by atoms with Crippen molar-refractivity contribution in [3.8, 4) is 0 Å². The van der Waals surface area contributed by atoms with Crippen molar-refractivity contribution in [3.05, 3.63) is 28.8 Å². The maximum atomic E-state index is 12.3. The van der Waals surface area contributed by atoms with E-state index in [9.17, 15) is 9.59 Å². The van der Waals surface area contributed by atoms with Gasteiger partial charge in [-0.3, -0.25) is 9.59 Å². The van der Waals surface area contributed by atoms with E-state index in [-0.39, 0.29) is 23.8 Å². The Labute approximate surface area is 136 Å². The first-order valence-electron chi connectivity index (χ1n) is 7.25. The van der Waals surface area contributed by atoms with Gasteiger partial charge >= 0.3 is 0 Å². The summed E-state index contributed by atoms with van der Waals surface area (Å²) < 4.78 is 4.98. The Bertz CT molecular complexity index is 532. The fourth-order valence-corrected chi connectivity index (χ4v) is 1.94. The second-order valence-corrected chi connectivity index (χ2v) is 5.90. The quantitative estimate of drug-likeness (QED) is 0.809. The minimum atomic E-state index is -0.269. The fraction of sp³-hybridized carbons (Fsp3) is 0.500. The van der Waals surface area contributed by atoms with Crippen LogP contribution in [0, 0.1) is 5.92 Å². The van der Waals surface area contributed by atoms with Crippen molar-refractivity contribution in [2.75, 3.05) is 19.0 Å². The Kier molecular flexibility index (Phi) is 7.35. The third kappa shape index (κ3) is 5.66. The predicted octanol–water partition coefficient (Wildman–Crippen LogP) is 3.09. The molecule has 0 aliphatic rings. The SMILES string of the molecule is COCCC(C)NC(=O)c1cc(NC(=O)C(C)C)ccc1Cl. The summed E-state index contributed by atoms with van der Waals surface area (Å²) in [5, 5.41) is 5.96. The van der Waals surface area contributed by atoms with E-state index in [0.29, 0.717) is 29.3 Å². The molecule has 2 N–H and O–H groups in total. The van der Waals surface area contributed by atoms with Crippen LogP contribution in [0.2, 0.25) is 5.02 Å². The zero-order valence-corrected chi connectivity index (χ0v) is 14.2. The minimum Gasteiger partial charge on any atom is -0.385 e. The lowest BCUT2D eigenvalue weighted by atomic mass is 10.1. The molecule has 0 spiro atoms. The number of amides is 2. The summed E-state index contributed by atoms with van der Waals surface area (Å²) in [7, 11) is 1.62. The Hall–Kier alpha value is -1.59. The number of carbonyl (C=O) groups is 2. The third-order valence-electron chi connectivity index (χ3n) is 3.14. The molecule has 0 aliphatic carbocycles. The number of carbonyl (C=O) groups excluding carboxylic acids is 2. The highest BCUT2D eigenvalue weighted by atomic mass is 35.5. The first kappa shape index (κ1) is 18.5. The number of nitrogens with one attached hydrogen (secondary N) is 2. The minimum absolute atomic E-state index is 0.0302. The molecule has 1 unspecified atom stereocenters. The number of benzene rings is 1. The molecule has 0 fully saturated rings. The monoisotopic (exact) mass is 326 g/mol. The number of hydrogen-bond acceptors (Lipinski definition) is 3. The fourth-order valence-electron chi connectivity index (χ4n) is 1.73. The highest BCUT2D eigenvalue weighted by molar-refractivity contribution is 6.34. The first-order chi connectivity index (χ1) is 10.3. The van der Waals surface area contributed by atoms with Crippen LogP contribution in [0.3, 0.4) is 0 Å². The van der Waals surface area contributed by atoms with Crippen LogP contribution in [0.1, 0.15) is 37.6 Å². The molecular weight excluding hydrogens is 304 g/mol. The van der Waals surface area contributed by atoms with Crippen LogP contribution in [0.15, 0.2) is 18.2 Å². The van der Waals surface area contributed by atoms with Crippen LogP contribution in [-0.2, 0) is 9.53 Å². The summed E-state index contributed by atoms with van der Waals surface area (Å²) in [5.74, 6) is -0.515. The van der Waals surface area contributed by atoms with Gasteiger partial charge < -0.3 is 15.4 Å². The first-order valence-corrected chi connectivity index (χ1v) is 7.63. The maximum Gasteiger partial charge on any atom is 0.253 e. The lowest BCUT2D eigenvalue weighted by Crippen LogP contribution is -2.33. The van der Waals surface area contributed by atoms with Gasteiger partial charge in [0.05, 0.1) is 10.6 Å². The van der Waals surface area contributed by atoms with Gasteiger partial charge in [0.1, 0.15) is 0 Å². The largest absolute Gasteiger partial charge is 0.385 e. The van der Waals surface area contributed by atoms with Crippen molar-refractivity contribution >= 4 is 29.1 Å². The van der Waals surface area contributed by atoms with Gasteiger partial charge in [0.25, 0.3) is 5.91 Å². The zero-order valence-electron chi connectivity index (χ0n) is 13.4. The molecule has 1 aromatic carbocycles. The molecular formula is C16H23ClN2O3. The van der Waals surface area contributed by atoms with E-state index in [1.807, 2.05) is 6.92 Å². The molecule has 0 radical (unpaired) electrons. The van der Waals surface area contributed by atoms with Crippen molar-refractivity contribution in [1.82, 2.24) is 5.32 Å². The Morgan fingerprint density at radius 1 is 1.27 bits per heavy atom. The highest BCUT2D eigenvalue weighted by Gasteiger charge is 2.15. The molecule has 0 aromatic heterocycles. The molecule has 6 heteroatoms. The van der Waals surface area contributed by atoms with Crippen molar-refractivity contribution in [2.45, 2.75) is 33.2 Å². The lowest BCUT2D eigenvalue weighted by molar-refractivity contribution is -0.118. The Morgan fingerprint density at radius 2 is 1.95 bits per heavy atom. The third-order valence-corrected chi connectivity index (χ3v) is 3.46. The zero-order chi connectivity index (χ0) is 16.7. The van der Waals surface area contributed by atoms with Gasteiger partial charge in [-0.1, -0.05) is 25.4 Å². The van der Waals surface area contributed by atoms with Gasteiger partial charge in [-0.15, -0.1) is 0 Å². The van der Waals surface area contributed by atoms with E-state index in [1.165, 1.54) is 0 Å². The smallest absolute Gasteiger partial charge is 0.253 e. The molecule has 1 atom stereocenters. The summed E-state index contributed by atoms with van der Waals surface area (Å²) in [5.41, 5.74) is 0.894. The summed E-state index contributed by atoms with van der Waals surface area (Å²) >= 11 is 6.08. The van der Waals surface area contributed by atoms with Crippen LogP contribution in [0.4, 0.5) is 5.69 Å². The molecule has 1 rings (SSSR count). The average Bonchev–Trinajstić information content (AvgIpc) is 2.46. The molecule has 0 bridgehead atoms. The van der Waals surface area contributed by atoms with Crippen LogP contribution in [0.5, 0.6) is 0 Å². The average molecular weight is 327 g/mol. The number of methoxy groups -OCH3 is 1. The van der Waals surface area contributed by atoms with Gasteiger partial charge in [-0.25, -0.2) is 0 Å². The highest BCUT2D eigenvalue weighted by Crippen LogP contribution is 2.21. The maximum absolute atomic E-state index is 12.3. The molecule has 0 saturated carbocycles. The van der Waals surface area contributed by atoms with Crippen LogP contribution in [-0.4, -0.2) is 31.6 Å². The van der Waals surface area contributed by atoms with Crippen molar-refractivity contribution in [3.63, 3.8) is 0 Å². The molecule has 1 aromatic rings. The predicted molar refractivity (Wildman–Crippen MR) is 88.3 cm³/mol. The number of anilines is 1. The van der Waals surface area contributed by atoms with E-state index in [1.54, 1.807) is 39.2 Å². The molecule has 0 saturated heterocycles. The summed E-state index contributed by atoms with van der Waals surface area (Å²) in [6, 6.07) is 4.83. The summed E-state index contributed by atoms with van der Waals surface area (Å²) in [4.78, 5) is 24.0. The summed E-state index contributed by atoms with van der Waals surface area (Å²) in [6.07, 6.45) is 0.712. The summed E-state index contributed by atoms with van der Waals surface area (Å²) in [6.45, 7) is 6.07. The number of rotatable bonds is 7. The molecule has 22 heavy (non-hydrogen) atoms. The number of hydrogen-bond donors (Lipinski definition) is 2. The standard InChI is InChI=1S/C16H23ClN2O3/c1-10(2)15(20)19-12-5-6-14(17)13(9-12)16(21)18-11(3)7-8-22-4/h5-6,9-11H,7-8H2,1-4H3,(H,18,21)(H,19,20). The van der Waals surface area contributed by atoms with Crippen molar-refractivity contribution in [1.29, 1.82) is 0 Å². The number of halogens is 1. The molecule has 2 amide bonds. The van der Waals surface area contributed by atoms with E-state index < -0.39 is 0 Å². The Balaban J connectivity index is 2.80. The van der Waals surface area contributed by atoms with Crippen molar-refractivity contribution < 1.29 is 14.3 Å². The van der Waals surface area contributed by atoms with E-state index >= 15 is 0 Å². The van der Waals surface area contributed by atoms with Gasteiger partial charge in [-0.2, -0.15) is 0 Å². The topological polar surface area (TPSA) is 67.4 Å². The Morgan fingerprint density at radius 3 is 2.55 bits per heavy atom. The lowest BCUT2D eigenvalue weighted by Gasteiger charge is -2.15. The van der Waals surface area contributed by atoms with Crippen molar-refractivity contribution in [2.24, 2.45) is 5.92 Å². The second-order valence-electron chi connectivity index (χ2n) is 5.49. The molecule has 122 valence electrons.